The Hall–Kier alpha value is -17.2. The van der Waals surface area contributed by atoms with Crippen molar-refractivity contribution in [3.8, 4) is 114 Å². The first-order valence-electron chi connectivity index (χ1n) is 49.7. The zero-order chi connectivity index (χ0) is 97.0. The fourth-order valence-electron chi connectivity index (χ4n) is 22.0. The number of benzene rings is 18. The van der Waals surface area contributed by atoms with Crippen molar-refractivity contribution in [2.24, 2.45) is 0 Å². The van der Waals surface area contributed by atoms with Gasteiger partial charge in [0.15, 0.2) is 34.9 Å². The lowest BCUT2D eigenvalue weighted by molar-refractivity contribution is 0.590. The predicted molar refractivity (Wildman–Crippen MR) is 597 cm³/mol. The van der Waals surface area contributed by atoms with Gasteiger partial charge in [-0.15, -0.1) is 0 Å². The quantitative estimate of drug-likeness (QED) is 0.114. The third-order valence-corrected chi connectivity index (χ3v) is 29.7. The Morgan fingerprint density at radius 2 is 0.308 bits per heavy atom. The minimum atomic E-state index is -0.0149. The van der Waals surface area contributed by atoms with E-state index in [4.69, 9.17) is 29.9 Å². The Balaban J connectivity index is 0.534. The van der Waals surface area contributed by atoms with Crippen LogP contribution in [0.4, 0.5) is 0 Å². The van der Waals surface area contributed by atoms with Crippen LogP contribution in [0.15, 0.2) is 394 Å². The molecule has 26 rings (SSSR count). The van der Waals surface area contributed by atoms with Gasteiger partial charge in [0, 0.05) is 132 Å². The maximum Gasteiger partial charge on any atom is 0.164 e. The zero-order valence-corrected chi connectivity index (χ0v) is 82.4. The lowest BCUT2D eigenvalue weighted by Gasteiger charge is -2.19. The number of fused-ring (bicyclic) bond motifs is 18. The molecule has 0 unspecified atom stereocenters. The molecule has 18 aromatic carbocycles. The van der Waals surface area contributed by atoms with Gasteiger partial charge in [-0.05, 0) is 323 Å². The summed E-state index contributed by atoms with van der Waals surface area (Å²) in [7, 11) is 0. The molecule has 0 fully saturated rings. The van der Waals surface area contributed by atoms with Crippen molar-refractivity contribution < 1.29 is 0 Å². The number of hydrogen-bond donors (Lipinski definition) is 0. The number of aryl methyl sites for hydroxylation is 1. The minimum Gasteiger partial charge on any atom is -0.309 e. The van der Waals surface area contributed by atoms with Crippen LogP contribution in [0.3, 0.4) is 0 Å². The Morgan fingerprint density at radius 1 is 0.147 bits per heavy atom. The molecule has 12 heteroatoms. The Labute approximate surface area is 829 Å². The standard InChI is InChI=1S/C131H104N12/c1-79-34-65-115-103(72-79)100-26-16-21-31-112(100)139(115)93-55-37-81(38-56-93)123-134-125(137-127(135-123)85-45-63-97(64-46-85)143-120-70-51-90(130(8,9)10)77-108(120)109-78-91(131(11,12)13)52-71-121(109)143)83-41-59-95(60-42-83)141-114-33-23-18-28-102(114)105-74-87(48-67-117(105)141)86-47-66-116-104(73-86)101-27-17-22-32-113(101)140(116)94-57-39-82(40-58-94)124-132-122(80-35-53-92(54-36-80)138-110-29-19-14-24-98(110)99-25-15-20-30-111(99)138)133-126(136-124)84-43-61-96(62-44-84)142-118-68-49-88(128(2,3)4)75-106(118)107-76-89(129(5,6)7)50-69-119(107)142/h14-78H,1-13H3. The van der Waals surface area contributed by atoms with Gasteiger partial charge in [0.25, 0.3) is 0 Å². The van der Waals surface area contributed by atoms with E-state index in [1.165, 1.54) is 104 Å². The van der Waals surface area contributed by atoms with Gasteiger partial charge >= 0.3 is 0 Å². The fourth-order valence-corrected chi connectivity index (χ4v) is 22.0. The van der Waals surface area contributed by atoms with Gasteiger partial charge < -0.3 is 27.4 Å². The van der Waals surface area contributed by atoms with Crippen molar-refractivity contribution in [1.29, 1.82) is 0 Å². The van der Waals surface area contributed by atoms with Crippen LogP contribution in [0, 0.1) is 6.92 Å². The Bertz CT molecular complexity index is 9460. The molecule has 0 radical (unpaired) electrons. The molecule has 0 spiro atoms. The van der Waals surface area contributed by atoms with E-state index in [-0.39, 0.29) is 21.7 Å². The molecule has 688 valence electrons. The number of nitrogens with zero attached hydrogens (tertiary/aromatic N) is 12. The van der Waals surface area contributed by atoms with Gasteiger partial charge in [-0.25, -0.2) is 29.9 Å². The third kappa shape index (κ3) is 14.5. The van der Waals surface area contributed by atoms with Crippen LogP contribution >= 0.6 is 0 Å². The van der Waals surface area contributed by atoms with Crippen molar-refractivity contribution in [3.05, 3.63) is 422 Å². The second-order valence-electron chi connectivity index (χ2n) is 42.9. The van der Waals surface area contributed by atoms with Crippen molar-refractivity contribution in [1.82, 2.24) is 57.3 Å². The summed E-state index contributed by atoms with van der Waals surface area (Å²) < 4.78 is 14.3. The highest BCUT2D eigenvalue weighted by Crippen LogP contribution is 2.46. The molecule has 0 saturated carbocycles. The van der Waals surface area contributed by atoms with E-state index in [1.807, 2.05) is 0 Å². The minimum absolute atomic E-state index is 0.0144. The molecular weight excluding hydrogens is 1740 g/mol. The molecule has 8 heterocycles. The molecule has 0 N–H and O–H groups in total. The molecule has 12 nitrogen and oxygen atoms in total. The molecule has 0 amide bonds. The summed E-state index contributed by atoms with van der Waals surface area (Å²) in [5.41, 5.74) is 33.9. The van der Waals surface area contributed by atoms with Gasteiger partial charge in [-0.1, -0.05) is 222 Å². The van der Waals surface area contributed by atoms with E-state index in [0.717, 1.165) is 134 Å². The van der Waals surface area contributed by atoms with Gasteiger partial charge in [0.05, 0.1) is 66.2 Å². The number of para-hydroxylation sites is 5. The van der Waals surface area contributed by atoms with Crippen molar-refractivity contribution in [2.75, 3.05) is 0 Å². The normalized spacial score (nSPS) is 12.5. The van der Waals surface area contributed by atoms with Gasteiger partial charge in [-0.3, -0.25) is 0 Å². The lowest BCUT2D eigenvalue weighted by atomic mass is 9.85. The summed E-state index contributed by atoms with van der Waals surface area (Å²) >= 11 is 0. The zero-order valence-electron chi connectivity index (χ0n) is 82.4. The van der Waals surface area contributed by atoms with Crippen molar-refractivity contribution in [2.45, 2.75) is 112 Å². The summed E-state index contributed by atoms with van der Waals surface area (Å²) in [6.07, 6.45) is 0. The SMILES string of the molecule is Cc1ccc2c(c1)c1ccccc1n2-c1ccc(-c2nc(-c3ccc(-n4c5ccccc5c5cc(-c6ccc7c(c6)c6ccccc6n7-c6ccc(-c7nc(-c8ccc(-n9c%10ccccc%10c%10ccccc%109)cc8)nc(-c8ccc(-n9c%10ccc(C(C)(C)C)cc%10c%10cc(C(C)(C)C)ccc%109)cc8)n7)cc6)ccc54)cc3)nc(-c3ccc(-n4c5ccc(C(C)(C)C)cc5c5cc(C(C)(C)C)ccc54)cc3)n2)cc1. The number of hydrogen-bond acceptors (Lipinski definition) is 6. The van der Waals surface area contributed by atoms with Crippen molar-refractivity contribution in [3.63, 3.8) is 0 Å². The van der Waals surface area contributed by atoms with E-state index in [2.05, 4.69) is 512 Å². The predicted octanol–water partition coefficient (Wildman–Crippen LogP) is 33.8. The van der Waals surface area contributed by atoms with Gasteiger partial charge in [0.2, 0.25) is 0 Å². The highest BCUT2D eigenvalue weighted by Gasteiger charge is 2.28. The van der Waals surface area contributed by atoms with Gasteiger partial charge in [-0.2, -0.15) is 0 Å². The van der Waals surface area contributed by atoms with Gasteiger partial charge in [0.1, 0.15) is 0 Å². The maximum absolute atomic E-state index is 5.40. The summed E-state index contributed by atoms with van der Waals surface area (Å²) in [6, 6.07) is 144. The fraction of sp³-hybridized carbons (Fsp3) is 0.130. The molecule has 0 aliphatic rings. The van der Waals surface area contributed by atoms with Crippen LogP contribution < -0.4 is 0 Å². The molecule has 0 aliphatic heterocycles. The summed E-state index contributed by atoms with van der Waals surface area (Å²) in [4.78, 5) is 32.3. The lowest BCUT2D eigenvalue weighted by Crippen LogP contribution is -2.10. The molecule has 0 atom stereocenters. The van der Waals surface area contributed by atoms with Crippen LogP contribution in [0.2, 0.25) is 0 Å². The summed E-state index contributed by atoms with van der Waals surface area (Å²) in [5, 5.41) is 14.5. The van der Waals surface area contributed by atoms with Crippen LogP contribution in [-0.2, 0) is 21.7 Å². The van der Waals surface area contributed by atoms with E-state index in [9.17, 15) is 0 Å². The van der Waals surface area contributed by atoms with E-state index in [1.54, 1.807) is 0 Å². The average molecular weight is 1850 g/mol. The molecular formula is C131H104N12. The summed E-state index contributed by atoms with van der Waals surface area (Å²) in [6.45, 7) is 29.7. The molecule has 143 heavy (non-hydrogen) atoms. The molecule has 0 aliphatic carbocycles. The van der Waals surface area contributed by atoms with Crippen molar-refractivity contribution >= 4 is 131 Å². The van der Waals surface area contributed by atoms with Crippen LogP contribution in [0.25, 0.3) is 244 Å². The molecule has 0 saturated heterocycles. The monoisotopic (exact) mass is 1840 g/mol. The first-order chi connectivity index (χ1) is 69.3. The second-order valence-corrected chi connectivity index (χ2v) is 42.9. The summed E-state index contributed by atoms with van der Waals surface area (Å²) in [5.74, 6) is 3.49. The van der Waals surface area contributed by atoms with Crippen LogP contribution in [-0.4, -0.2) is 57.3 Å². The molecule has 0 bridgehead atoms. The average Bonchev–Trinajstić information content (AvgIpc) is 1.56. The second kappa shape index (κ2) is 32.4. The topological polar surface area (TPSA) is 107 Å². The first-order valence-corrected chi connectivity index (χ1v) is 49.7. The van der Waals surface area contributed by atoms with Crippen LogP contribution in [0.1, 0.15) is 111 Å². The van der Waals surface area contributed by atoms with E-state index < -0.39 is 0 Å². The van der Waals surface area contributed by atoms with E-state index in [0.29, 0.717) is 34.9 Å². The molecule has 26 aromatic rings. The smallest absolute Gasteiger partial charge is 0.164 e. The Morgan fingerprint density at radius 3 is 0.517 bits per heavy atom. The number of aromatic nitrogens is 12. The first kappa shape index (κ1) is 86.1. The highest BCUT2D eigenvalue weighted by molar-refractivity contribution is 6.16. The van der Waals surface area contributed by atoms with Crippen LogP contribution in [0.5, 0.6) is 0 Å². The highest BCUT2D eigenvalue weighted by atomic mass is 15.1. The Kier molecular flexibility index (Phi) is 19.5. The van der Waals surface area contributed by atoms with E-state index >= 15 is 0 Å². The molecule has 8 aromatic heterocycles. The maximum atomic E-state index is 5.40. The largest absolute Gasteiger partial charge is 0.309 e. The third-order valence-electron chi connectivity index (χ3n) is 29.7. The number of rotatable bonds is 13.